The monoisotopic (exact) mass is 380 g/mol. The normalized spacial score (nSPS) is 12.3. The molecule has 0 bridgehead atoms. The zero-order chi connectivity index (χ0) is 19.7. The molecule has 0 spiro atoms. The summed E-state index contributed by atoms with van der Waals surface area (Å²) in [5.41, 5.74) is -2.84. The van der Waals surface area contributed by atoms with E-state index in [9.17, 15) is 31.1 Å². The molecule has 2 rings (SSSR count). The Hall–Kier alpha value is -2.52. The van der Waals surface area contributed by atoms with Gasteiger partial charge in [0.25, 0.3) is 0 Å². The molecule has 0 aliphatic carbocycles. The first-order chi connectivity index (χ1) is 11.9. The molecule has 0 fully saturated rings. The molecular weight excluding hydrogens is 366 g/mol. The summed E-state index contributed by atoms with van der Waals surface area (Å²) < 4.78 is 82.7. The number of esters is 1. The summed E-state index contributed by atoms with van der Waals surface area (Å²) in [5.74, 6) is -1.19. The number of carbonyl (C=O) groups is 1. The van der Waals surface area contributed by atoms with Crippen LogP contribution in [0.2, 0.25) is 0 Å². The number of benzene rings is 1. The third-order valence-corrected chi connectivity index (χ3v) is 3.52. The molecule has 0 radical (unpaired) electrons. The van der Waals surface area contributed by atoms with Crippen LogP contribution in [0, 0.1) is 0 Å². The number of hydrogen-bond acceptors (Lipinski definition) is 3. The largest absolute Gasteiger partial charge is 0.462 e. The number of aromatic nitrogens is 2. The lowest BCUT2D eigenvalue weighted by atomic mass is 10.0. The molecule has 1 aromatic heterocycles. The fourth-order valence-corrected chi connectivity index (χ4v) is 2.45. The molecule has 0 saturated heterocycles. The lowest BCUT2D eigenvalue weighted by Gasteiger charge is -2.10. The highest BCUT2D eigenvalue weighted by molar-refractivity contribution is 5.92. The molecule has 2 aromatic rings. The minimum absolute atomic E-state index is 0.134. The van der Waals surface area contributed by atoms with Crippen molar-refractivity contribution in [2.24, 2.45) is 7.05 Å². The third kappa shape index (κ3) is 4.17. The minimum Gasteiger partial charge on any atom is -0.462 e. The number of nitrogens with zero attached hydrogens (tertiary/aromatic N) is 2. The van der Waals surface area contributed by atoms with Crippen LogP contribution >= 0.6 is 0 Å². The SMILES string of the molecule is CCOC(=O)c1c(Cc2ccc(C(F)(F)F)cc2)nn(C)c1C(F)(F)F. The van der Waals surface area contributed by atoms with Gasteiger partial charge in [0.2, 0.25) is 0 Å². The van der Waals surface area contributed by atoms with Crippen LogP contribution in [0.25, 0.3) is 0 Å². The van der Waals surface area contributed by atoms with E-state index in [0.717, 1.165) is 31.3 Å². The number of halogens is 6. The van der Waals surface area contributed by atoms with Crippen molar-refractivity contribution in [1.82, 2.24) is 9.78 Å². The summed E-state index contributed by atoms with van der Waals surface area (Å²) in [7, 11) is 1.03. The zero-order valence-corrected chi connectivity index (χ0v) is 13.7. The van der Waals surface area contributed by atoms with Gasteiger partial charge in [-0.25, -0.2) is 4.79 Å². The first-order valence-corrected chi connectivity index (χ1v) is 7.41. The van der Waals surface area contributed by atoms with Gasteiger partial charge in [-0.1, -0.05) is 12.1 Å². The molecule has 0 amide bonds. The second-order valence-corrected chi connectivity index (χ2v) is 5.38. The van der Waals surface area contributed by atoms with Crippen molar-refractivity contribution >= 4 is 5.97 Å². The molecule has 10 heteroatoms. The van der Waals surface area contributed by atoms with Crippen molar-refractivity contribution in [3.63, 3.8) is 0 Å². The lowest BCUT2D eigenvalue weighted by Crippen LogP contribution is -2.18. The Morgan fingerprint density at radius 1 is 1.08 bits per heavy atom. The van der Waals surface area contributed by atoms with Gasteiger partial charge in [-0.05, 0) is 24.6 Å². The predicted molar refractivity (Wildman–Crippen MR) is 78.4 cm³/mol. The lowest BCUT2D eigenvalue weighted by molar-refractivity contribution is -0.144. The van der Waals surface area contributed by atoms with Crippen LogP contribution in [0.3, 0.4) is 0 Å². The number of rotatable bonds is 4. The van der Waals surface area contributed by atoms with Crippen LogP contribution in [-0.4, -0.2) is 22.4 Å². The average Bonchev–Trinajstić information content (AvgIpc) is 2.83. The number of alkyl halides is 6. The van der Waals surface area contributed by atoms with E-state index in [4.69, 9.17) is 0 Å². The Morgan fingerprint density at radius 2 is 1.65 bits per heavy atom. The van der Waals surface area contributed by atoms with Crippen LogP contribution in [-0.2, 0) is 30.6 Å². The highest BCUT2D eigenvalue weighted by Gasteiger charge is 2.42. The van der Waals surface area contributed by atoms with E-state index in [-0.39, 0.29) is 24.3 Å². The Bertz CT molecular complexity index is 791. The molecule has 0 aliphatic heterocycles. The fourth-order valence-electron chi connectivity index (χ4n) is 2.45. The molecule has 0 aliphatic rings. The number of hydrogen-bond donors (Lipinski definition) is 0. The van der Waals surface area contributed by atoms with E-state index in [1.807, 2.05) is 0 Å². The van der Waals surface area contributed by atoms with Crippen molar-refractivity contribution < 1.29 is 35.9 Å². The maximum atomic E-state index is 13.3. The van der Waals surface area contributed by atoms with Crippen LogP contribution < -0.4 is 0 Å². The summed E-state index contributed by atoms with van der Waals surface area (Å²) in [6, 6.07) is 3.87. The Morgan fingerprint density at radius 3 is 2.12 bits per heavy atom. The number of ether oxygens (including phenoxy) is 1. The van der Waals surface area contributed by atoms with E-state index in [2.05, 4.69) is 9.84 Å². The number of carbonyl (C=O) groups excluding carboxylic acids is 1. The summed E-state index contributed by atoms with van der Waals surface area (Å²) in [5, 5.41) is 3.72. The van der Waals surface area contributed by atoms with Gasteiger partial charge in [0.1, 0.15) is 5.56 Å². The molecule has 26 heavy (non-hydrogen) atoms. The second-order valence-electron chi connectivity index (χ2n) is 5.38. The maximum absolute atomic E-state index is 13.3. The van der Waals surface area contributed by atoms with Gasteiger partial charge >= 0.3 is 18.3 Å². The molecule has 0 unspecified atom stereocenters. The van der Waals surface area contributed by atoms with Crippen molar-refractivity contribution in [2.45, 2.75) is 25.7 Å². The van der Waals surface area contributed by atoms with E-state index in [0.29, 0.717) is 4.68 Å². The third-order valence-electron chi connectivity index (χ3n) is 3.52. The van der Waals surface area contributed by atoms with Crippen molar-refractivity contribution in [2.75, 3.05) is 6.61 Å². The Kier molecular flexibility index (Phi) is 5.33. The van der Waals surface area contributed by atoms with E-state index < -0.39 is 35.1 Å². The van der Waals surface area contributed by atoms with Gasteiger partial charge in [0, 0.05) is 13.5 Å². The standard InChI is InChI=1S/C16H14F6N2O2/c1-3-26-14(25)12-11(23-24(2)13(12)16(20,21)22)8-9-4-6-10(7-5-9)15(17,18)19/h4-7H,3,8H2,1-2H3. The van der Waals surface area contributed by atoms with E-state index >= 15 is 0 Å². The van der Waals surface area contributed by atoms with Gasteiger partial charge in [-0.15, -0.1) is 0 Å². The molecule has 1 aromatic carbocycles. The average molecular weight is 380 g/mol. The molecular formula is C16H14F6N2O2. The zero-order valence-electron chi connectivity index (χ0n) is 13.7. The molecule has 0 N–H and O–H groups in total. The van der Waals surface area contributed by atoms with Gasteiger partial charge in [-0.3, -0.25) is 4.68 Å². The van der Waals surface area contributed by atoms with E-state index in [1.165, 1.54) is 6.92 Å². The fraction of sp³-hybridized carbons (Fsp3) is 0.375. The first kappa shape index (κ1) is 19.8. The van der Waals surface area contributed by atoms with Gasteiger partial charge < -0.3 is 4.74 Å². The van der Waals surface area contributed by atoms with Crippen molar-refractivity contribution in [1.29, 1.82) is 0 Å². The topological polar surface area (TPSA) is 44.1 Å². The van der Waals surface area contributed by atoms with Crippen LogP contribution in [0.5, 0.6) is 0 Å². The van der Waals surface area contributed by atoms with Crippen molar-refractivity contribution in [3.05, 3.63) is 52.3 Å². The molecule has 1 heterocycles. The maximum Gasteiger partial charge on any atom is 0.433 e. The minimum atomic E-state index is -4.85. The van der Waals surface area contributed by atoms with Crippen LogP contribution in [0.1, 0.15) is 39.8 Å². The smallest absolute Gasteiger partial charge is 0.433 e. The predicted octanol–water partition coefficient (Wildman–Crippen LogP) is 4.23. The Labute approximate surface area is 144 Å². The number of aryl methyl sites for hydroxylation is 1. The highest BCUT2D eigenvalue weighted by Crippen LogP contribution is 2.34. The Balaban J connectivity index is 2.45. The van der Waals surface area contributed by atoms with Gasteiger partial charge in [0.15, 0.2) is 5.69 Å². The van der Waals surface area contributed by atoms with Crippen LogP contribution in [0.15, 0.2) is 24.3 Å². The van der Waals surface area contributed by atoms with Gasteiger partial charge in [0.05, 0.1) is 17.9 Å². The first-order valence-electron chi connectivity index (χ1n) is 7.41. The second kappa shape index (κ2) is 7.00. The molecule has 0 saturated carbocycles. The molecule has 142 valence electrons. The molecule has 4 nitrogen and oxygen atoms in total. The highest BCUT2D eigenvalue weighted by atomic mass is 19.4. The summed E-state index contributed by atoms with van der Waals surface area (Å²) in [6.07, 6.45) is -9.62. The summed E-state index contributed by atoms with van der Waals surface area (Å²) in [4.78, 5) is 12.0. The van der Waals surface area contributed by atoms with E-state index in [1.54, 1.807) is 0 Å². The molecule has 0 atom stereocenters. The summed E-state index contributed by atoms with van der Waals surface area (Å²) >= 11 is 0. The van der Waals surface area contributed by atoms with Crippen LogP contribution in [0.4, 0.5) is 26.3 Å². The van der Waals surface area contributed by atoms with Crippen molar-refractivity contribution in [3.8, 4) is 0 Å². The van der Waals surface area contributed by atoms with Gasteiger partial charge in [-0.2, -0.15) is 31.4 Å². The quantitative estimate of drug-likeness (QED) is 0.589. The summed E-state index contributed by atoms with van der Waals surface area (Å²) in [6.45, 7) is 1.31.